The van der Waals surface area contributed by atoms with Crippen LogP contribution >= 0.6 is 0 Å². The van der Waals surface area contributed by atoms with E-state index in [1.165, 1.54) is 0 Å². The van der Waals surface area contributed by atoms with Crippen LogP contribution in [0.15, 0.2) is 42.5 Å². The highest BCUT2D eigenvalue weighted by atomic mass is 16.2. The van der Waals surface area contributed by atoms with Crippen molar-refractivity contribution in [1.82, 2.24) is 10.2 Å². The second kappa shape index (κ2) is 5.93. The molecule has 1 heterocycles. The van der Waals surface area contributed by atoms with Crippen molar-refractivity contribution in [3.8, 4) is 0 Å². The summed E-state index contributed by atoms with van der Waals surface area (Å²) in [5.74, 6) is 1.16. The van der Waals surface area contributed by atoms with Crippen molar-refractivity contribution < 1.29 is 9.59 Å². The van der Waals surface area contributed by atoms with Gasteiger partial charge in [-0.25, -0.2) is 0 Å². The summed E-state index contributed by atoms with van der Waals surface area (Å²) in [5.41, 5.74) is 0.764. The molecule has 4 heteroatoms. The van der Waals surface area contributed by atoms with Crippen molar-refractivity contribution in [3.05, 3.63) is 48.0 Å². The van der Waals surface area contributed by atoms with Gasteiger partial charge in [0.2, 0.25) is 5.91 Å². The Morgan fingerprint density at radius 3 is 2.71 bits per heavy atom. The number of nitrogens with one attached hydrogen (secondary N) is 1. The first-order chi connectivity index (χ1) is 11.6. The van der Waals surface area contributed by atoms with E-state index in [2.05, 4.69) is 5.32 Å². The number of piperidine rings is 1. The molecule has 2 amide bonds. The molecule has 0 unspecified atom stereocenters. The second-order valence-corrected chi connectivity index (χ2v) is 7.10. The Bertz CT molecular complexity index is 796. The lowest BCUT2D eigenvalue weighted by Gasteiger charge is -2.25. The maximum atomic E-state index is 13.1. The summed E-state index contributed by atoms with van der Waals surface area (Å²) in [6, 6.07) is 14.1. The molecule has 1 aliphatic heterocycles. The number of rotatable bonds is 2. The monoisotopic (exact) mass is 322 g/mol. The smallest absolute Gasteiger partial charge is 0.254 e. The quantitative estimate of drug-likeness (QED) is 0.924. The lowest BCUT2D eigenvalue weighted by Crippen LogP contribution is -2.38. The number of amides is 2. The van der Waals surface area contributed by atoms with Gasteiger partial charge in [-0.05, 0) is 41.5 Å². The summed E-state index contributed by atoms with van der Waals surface area (Å²) in [7, 11) is 1.90. The molecule has 1 N–H and O–H groups in total. The minimum atomic E-state index is 0.0785. The van der Waals surface area contributed by atoms with Crippen LogP contribution in [0.5, 0.6) is 0 Å². The zero-order chi connectivity index (χ0) is 16.7. The van der Waals surface area contributed by atoms with Gasteiger partial charge in [0.1, 0.15) is 0 Å². The third kappa shape index (κ3) is 2.56. The molecule has 1 saturated heterocycles. The number of nitrogens with zero attached hydrogens (tertiary/aromatic N) is 1. The van der Waals surface area contributed by atoms with Gasteiger partial charge in [-0.1, -0.05) is 36.4 Å². The second-order valence-electron chi connectivity index (χ2n) is 7.10. The van der Waals surface area contributed by atoms with Crippen LogP contribution in [0.1, 0.15) is 29.6 Å². The number of hydrogen-bond acceptors (Lipinski definition) is 2. The largest absolute Gasteiger partial charge is 0.356 e. The highest BCUT2D eigenvalue weighted by Crippen LogP contribution is 2.38. The van der Waals surface area contributed by atoms with Crippen molar-refractivity contribution in [2.75, 3.05) is 13.6 Å². The summed E-state index contributed by atoms with van der Waals surface area (Å²) in [6.07, 6.45) is 2.53. The first-order valence-corrected chi connectivity index (χ1v) is 8.65. The number of benzene rings is 2. The summed E-state index contributed by atoms with van der Waals surface area (Å²) in [4.78, 5) is 26.5. The molecule has 0 spiro atoms. The fourth-order valence-electron chi connectivity index (χ4n) is 4.32. The molecule has 0 radical (unpaired) electrons. The molecule has 4 nitrogen and oxygen atoms in total. The molecular formula is C20H22N2O2. The Morgan fingerprint density at radius 1 is 1.08 bits per heavy atom. The zero-order valence-corrected chi connectivity index (χ0v) is 13.9. The molecule has 4 rings (SSSR count). The van der Waals surface area contributed by atoms with E-state index in [0.29, 0.717) is 18.3 Å². The van der Waals surface area contributed by atoms with Crippen molar-refractivity contribution in [3.63, 3.8) is 0 Å². The van der Waals surface area contributed by atoms with Crippen molar-refractivity contribution in [1.29, 1.82) is 0 Å². The zero-order valence-electron chi connectivity index (χ0n) is 13.9. The predicted octanol–water partition coefficient (Wildman–Crippen LogP) is 2.83. The highest BCUT2D eigenvalue weighted by Gasteiger charge is 2.40. The Hall–Kier alpha value is -2.36. The van der Waals surface area contributed by atoms with E-state index >= 15 is 0 Å². The van der Waals surface area contributed by atoms with E-state index in [0.717, 1.165) is 35.7 Å². The van der Waals surface area contributed by atoms with Gasteiger partial charge in [0, 0.05) is 31.6 Å². The lowest BCUT2D eigenvalue weighted by molar-refractivity contribution is -0.124. The topological polar surface area (TPSA) is 49.4 Å². The summed E-state index contributed by atoms with van der Waals surface area (Å²) in [6.45, 7) is 0.760. The Labute approximate surface area is 141 Å². The summed E-state index contributed by atoms with van der Waals surface area (Å²) >= 11 is 0. The van der Waals surface area contributed by atoms with Crippen molar-refractivity contribution in [2.24, 2.45) is 11.8 Å². The van der Waals surface area contributed by atoms with Crippen LogP contribution in [0.3, 0.4) is 0 Å². The molecule has 3 atom stereocenters. The molecule has 0 bridgehead atoms. The van der Waals surface area contributed by atoms with Gasteiger partial charge in [0.15, 0.2) is 0 Å². The van der Waals surface area contributed by atoms with Gasteiger partial charge in [-0.3, -0.25) is 9.59 Å². The molecule has 1 aliphatic carbocycles. The molecule has 124 valence electrons. The summed E-state index contributed by atoms with van der Waals surface area (Å²) < 4.78 is 0. The molecule has 0 aromatic heterocycles. The van der Waals surface area contributed by atoms with Crippen LogP contribution in [-0.2, 0) is 4.79 Å². The number of fused-ring (bicyclic) bond motifs is 2. The van der Waals surface area contributed by atoms with Gasteiger partial charge in [-0.2, -0.15) is 0 Å². The molecule has 2 fully saturated rings. The van der Waals surface area contributed by atoms with Crippen molar-refractivity contribution in [2.45, 2.75) is 25.3 Å². The average molecular weight is 322 g/mol. The number of carbonyl (C=O) groups excluding carboxylic acids is 2. The SMILES string of the molecule is CN(C(=O)c1cccc2ccccc12)[C@H]1C[C@H]2CNC(=O)C[C@H]2C1. The average Bonchev–Trinajstić information content (AvgIpc) is 3.03. The van der Waals surface area contributed by atoms with Crippen LogP contribution in [0.2, 0.25) is 0 Å². The van der Waals surface area contributed by atoms with Crippen LogP contribution in [-0.4, -0.2) is 36.3 Å². The van der Waals surface area contributed by atoms with Gasteiger partial charge in [0.05, 0.1) is 0 Å². The fourth-order valence-corrected chi connectivity index (χ4v) is 4.32. The lowest BCUT2D eigenvalue weighted by atomic mass is 9.89. The number of hydrogen-bond donors (Lipinski definition) is 1. The summed E-state index contributed by atoms with van der Waals surface area (Å²) in [5, 5.41) is 5.05. The minimum Gasteiger partial charge on any atom is -0.356 e. The first-order valence-electron chi connectivity index (χ1n) is 8.65. The van der Waals surface area contributed by atoms with Crippen LogP contribution in [0, 0.1) is 11.8 Å². The van der Waals surface area contributed by atoms with Crippen LogP contribution in [0.4, 0.5) is 0 Å². The standard InChI is InChI=1S/C20H22N2O2/c1-22(16-9-14-11-19(23)21-12-15(14)10-16)20(24)18-8-4-6-13-5-2-3-7-17(13)18/h2-8,14-16H,9-12H2,1H3,(H,21,23)/t14-,15+,16-/m1/s1. The molecule has 2 aromatic rings. The molecule has 2 aromatic carbocycles. The van der Waals surface area contributed by atoms with Crippen molar-refractivity contribution >= 4 is 22.6 Å². The Balaban J connectivity index is 1.57. The minimum absolute atomic E-state index is 0.0785. The molecule has 24 heavy (non-hydrogen) atoms. The van der Waals surface area contributed by atoms with Gasteiger partial charge in [0.25, 0.3) is 5.91 Å². The van der Waals surface area contributed by atoms with E-state index in [9.17, 15) is 9.59 Å². The van der Waals surface area contributed by atoms with E-state index < -0.39 is 0 Å². The normalized spacial score (nSPS) is 26.0. The number of carbonyl (C=O) groups is 2. The molecular weight excluding hydrogens is 300 g/mol. The van der Waals surface area contributed by atoms with E-state index in [1.54, 1.807) is 0 Å². The van der Waals surface area contributed by atoms with Gasteiger partial charge in [-0.15, -0.1) is 0 Å². The van der Waals surface area contributed by atoms with Gasteiger partial charge >= 0.3 is 0 Å². The van der Waals surface area contributed by atoms with E-state index in [-0.39, 0.29) is 17.9 Å². The Morgan fingerprint density at radius 2 is 1.83 bits per heavy atom. The maximum Gasteiger partial charge on any atom is 0.254 e. The molecule has 2 aliphatic rings. The fraction of sp³-hybridized carbons (Fsp3) is 0.400. The third-order valence-corrected chi connectivity index (χ3v) is 5.71. The van der Waals surface area contributed by atoms with E-state index in [4.69, 9.17) is 0 Å². The highest BCUT2D eigenvalue weighted by molar-refractivity contribution is 6.07. The molecule has 1 saturated carbocycles. The van der Waals surface area contributed by atoms with E-state index in [1.807, 2.05) is 54.4 Å². The van der Waals surface area contributed by atoms with Gasteiger partial charge < -0.3 is 10.2 Å². The van der Waals surface area contributed by atoms with Crippen LogP contribution in [0.25, 0.3) is 10.8 Å². The maximum absolute atomic E-state index is 13.1. The Kier molecular flexibility index (Phi) is 3.75. The van der Waals surface area contributed by atoms with Crippen LogP contribution < -0.4 is 5.32 Å². The third-order valence-electron chi connectivity index (χ3n) is 5.71. The first kappa shape index (κ1) is 15.2. The predicted molar refractivity (Wildman–Crippen MR) is 93.7 cm³/mol.